The lowest BCUT2D eigenvalue weighted by Gasteiger charge is -2.09. The molecule has 10 heteroatoms. The third-order valence-corrected chi connectivity index (χ3v) is 3.97. The third kappa shape index (κ3) is 4.64. The molecule has 0 aliphatic rings. The van der Waals surface area contributed by atoms with Crippen molar-refractivity contribution in [2.75, 3.05) is 5.32 Å². The van der Waals surface area contributed by atoms with E-state index in [1.165, 1.54) is 60.2 Å². The second kappa shape index (κ2) is 8.06. The molecule has 3 aromatic rings. The Labute approximate surface area is 156 Å². The van der Waals surface area contributed by atoms with Crippen molar-refractivity contribution >= 4 is 40.0 Å². The van der Waals surface area contributed by atoms with Crippen molar-refractivity contribution in [3.05, 3.63) is 81.4 Å². The molecule has 0 saturated carbocycles. The molecule has 0 fully saturated rings. The summed E-state index contributed by atoms with van der Waals surface area (Å²) >= 11 is 1.21. The van der Waals surface area contributed by atoms with E-state index >= 15 is 0 Å². The SMILES string of the molecule is O=C(Nc1nccs1)/C(=C/c1cccc([N+](=O)[O-])c1)NC(=O)c1ccco1. The van der Waals surface area contributed by atoms with E-state index in [0.717, 1.165) is 0 Å². The molecule has 27 heavy (non-hydrogen) atoms. The van der Waals surface area contributed by atoms with Gasteiger partial charge in [0.25, 0.3) is 17.5 Å². The van der Waals surface area contributed by atoms with E-state index < -0.39 is 16.7 Å². The van der Waals surface area contributed by atoms with Gasteiger partial charge in [0.1, 0.15) is 5.70 Å². The number of nitro groups is 1. The number of rotatable bonds is 6. The number of nitro benzene ring substituents is 1. The van der Waals surface area contributed by atoms with Crippen LogP contribution in [0.1, 0.15) is 16.1 Å². The van der Waals surface area contributed by atoms with Crippen LogP contribution in [-0.2, 0) is 4.79 Å². The van der Waals surface area contributed by atoms with Crippen molar-refractivity contribution in [1.82, 2.24) is 10.3 Å². The van der Waals surface area contributed by atoms with E-state index in [1.807, 2.05) is 0 Å². The highest BCUT2D eigenvalue weighted by Gasteiger charge is 2.17. The summed E-state index contributed by atoms with van der Waals surface area (Å²) in [5.74, 6) is -1.25. The van der Waals surface area contributed by atoms with Gasteiger partial charge in [0, 0.05) is 23.7 Å². The minimum Gasteiger partial charge on any atom is -0.459 e. The van der Waals surface area contributed by atoms with Gasteiger partial charge < -0.3 is 9.73 Å². The zero-order chi connectivity index (χ0) is 19.2. The maximum absolute atomic E-state index is 12.5. The Hall–Kier alpha value is -3.79. The van der Waals surface area contributed by atoms with Gasteiger partial charge in [-0.2, -0.15) is 0 Å². The molecule has 0 aliphatic heterocycles. The number of non-ortho nitro benzene ring substituents is 1. The fourth-order valence-corrected chi connectivity index (χ4v) is 2.62. The number of nitrogens with one attached hydrogen (secondary N) is 2. The molecule has 0 aliphatic carbocycles. The lowest BCUT2D eigenvalue weighted by atomic mass is 10.1. The number of amides is 2. The molecule has 1 aromatic carbocycles. The molecule has 2 aromatic heterocycles. The van der Waals surface area contributed by atoms with E-state index in [0.29, 0.717) is 10.7 Å². The van der Waals surface area contributed by atoms with Gasteiger partial charge in [0.2, 0.25) is 0 Å². The standard InChI is InChI=1S/C17H12N4O5S/c22-15(20-17-18-6-8-27-17)13(19-16(23)14-5-2-7-26-14)10-11-3-1-4-12(9-11)21(24)25/h1-10H,(H,19,23)(H,18,20,22)/b13-10-. The Morgan fingerprint density at radius 1 is 1.26 bits per heavy atom. The van der Waals surface area contributed by atoms with Crippen molar-refractivity contribution in [2.24, 2.45) is 0 Å². The molecule has 0 unspecified atom stereocenters. The fourth-order valence-electron chi connectivity index (χ4n) is 2.09. The van der Waals surface area contributed by atoms with Crippen LogP contribution in [0.2, 0.25) is 0 Å². The number of aromatic nitrogens is 1. The second-order valence-electron chi connectivity index (χ2n) is 5.13. The summed E-state index contributed by atoms with van der Waals surface area (Å²) in [5.41, 5.74) is 0.112. The predicted molar refractivity (Wildman–Crippen MR) is 98.0 cm³/mol. The quantitative estimate of drug-likeness (QED) is 0.382. The lowest BCUT2D eigenvalue weighted by molar-refractivity contribution is -0.384. The monoisotopic (exact) mass is 384 g/mol. The summed E-state index contributed by atoms with van der Waals surface area (Å²) in [7, 11) is 0. The zero-order valence-corrected chi connectivity index (χ0v) is 14.4. The molecule has 0 spiro atoms. The van der Waals surface area contributed by atoms with E-state index in [1.54, 1.807) is 11.4 Å². The van der Waals surface area contributed by atoms with E-state index in [-0.39, 0.29) is 17.1 Å². The summed E-state index contributed by atoms with van der Waals surface area (Å²) in [6.07, 6.45) is 4.18. The average molecular weight is 384 g/mol. The Kier molecular flexibility index (Phi) is 5.38. The maximum Gasteiger partial charge on any atom is 0.291 e. The summed E-state index contributed by atoms with van der Waals surface area (Å²) in [6.45, 7) is 0. The number of carbonyl (C=O) groups is 2. The van der Waals surface area contributed by atoms with Crippen molar-refractivity contribution in [3.63, 3.8) is 0 Å². The molecule has 9 nitrogen and oxygen atoms in total. The first-order valence-electron chi connectivity index (χ1n) is 7.55. The van der Waals surface area contributed by atoms with Crippen LogP contribution in [0.15, 0.2) is 64.4 Å². The van der Waals surface area contributed by atoms with E-state index in [9.17, 15) is 19.7 Å². The van der Waals surface area contributed by atoms with Crippen molar-refractivity contribution < 1.29 is 18.9 Å². The van der Waals surface area contributed by atoms with Crippen LogP contribution in [0.3, 0.4) is 0 Å². The molecule has 2 amide bonds. The van der Waals surface area contributed by atoms with Crippen LogP contribution in [0.5, 0.6) is 0 Å². The molecule has 0 atom stereocenters. The minimum atomic E-state index is -0.633. The third-order valence-electron chi connectivity index (χ3n) is 3.28. The maximum atomic E-state index is 12.5. The molecule has 0 saturated heterocycles. The molecule has 0 radical (unpaired) electrons. The first-order chi connectivity index (χ1) is 13.0. The fraction of sp³-hybridized carbons (Fsp3) is 0. The number of thiazole rings is 1. The smallest absolute Gasteiger partial charge is 0.291 e. The van der Waals surface area contributed by atoms with Crippen molar-refractivity contribution in [3.8, 4) is 0 Å². The largest absolute Gasteiger partial charge is 0.459 e. The van der Waals surface area contributed by atoms with Gasteiger partial charge in [-0.1, -0.05) is 12.1 Å². The number of benzene rings is 1. The highest BCUT2D eigenvalue weighted by molar-refractivity contribution is 7.13. The summed E-state index contributed by atoms with van der Waals surface area (Å²) < 4.78 is 5.01. The van der Waals surface area contributed by atoms with Gasteiger partial charge in [0.05, 0.1) is 11.2 Å². The number of hydrogen-bond acceptors (Lipinski definition) is 7. The first-order valence-corrected chi connectivity index (χ1v) is 8.43. The molecule has 2 N–H and O–H groups in total. The van der Waals surface area contributed by atoms with Crippen LogP contribution < -0.4 is 10.6 Å². The average Bonchev–Trinajstić information content (AvgIpc) is 3.35. The van der Waals surface area contributed by atoms with Crippen LogP contribution in [0.25, 0.3) is 6.08 Å². The Morgan fingerprint density at radius 3 is 2.78 bits per heavy atom. The summed E-state index contributed by atoms with van der Waals surface area (Å²) in [4.78, 5) is 39.1. The van der Waals surface area contributed by atoms with Crippen LogP contribution in [-0.4, -0.2) is 21.7 Å². The molecule has 2 heterocycles. The number of carbonyl (C=O) groups excluding carboxylic acids is 2. The van der Waals surface area contributed by atoms with Crippen molar-refractivity contribution in [2.45, 2.75) is 0 Å². The van der Waals surface area contributed by atoms with Gasteiger partial charge in [-0.15, -0.1) is 11.3 Å². The highest BCUT2D eigenvalue weighted by Crippen LogP contribution is 2.17. The van der Waals surface area contributed by atoms with Gasteiger partial charge in [0.15, 0.2) is 10.9 Å². The topological polar surface area (TPSA) is 127 Å². The number of anilines is 1. The molecule has 136 valence electrons. The molecule has 3 rings (SSSR count). The molecule has 0 bridgehead atoms. The van der Waals surface area contributed by atoms with Crippen molar-refractivity contribution in [1.29, 1.82) is 0 Å². The normalized spacial score (nSPS) is 11.0. The van der Waals surface area contributed by atoms with E-state index in [4.69, 9.17) is 4.42 Å². The van der Waals surface area contributed by atoms with Crippen LogP contribution in [0.4, 0.5) is 10.8 Å². The van der Waals surface area contributed by atoms with Gasteiger partial charge in [-0.3, -0.25) is 25.0 Å². The molecular weight excluding hydrogens is 372 g/mol. The minimum absolute atomic E-state index is 0.0157. The van der Waals surface area contributed by atoms with Gasteiger partial charge in [-0.05, 0) is 23.8 Å². The van der Waals surface area contributed by atoms with Gasteiger partial charge in [-0.25, -0.2) is 4.98 Å². The van der Waals surface area contributed by atoms with E-state index in [2.05, 4.69) is 15.6 Å². The Balaban J connectivity index is 1.90. The second-order valence-corrected chi connectivity index (χ2v) is 6.03. The number of nitrogens with zero attached hydrogens (tertiary/aromatic N) is 2. The van der Waals surface area contributed by atoms with Crippen LogP contribution in [0, 0.1) is 10.1 Å². The Morgan fingerprint density at radius 2 is 2.11 bits per heavy atom. The summed E-state index contributed by atoms with van der Waals surface area (Å²) in [6, 6.07) is 8.65. The number of hydrogen-bond donors (Lipinski definition) is 2. The highest BCUT2D eigenvalue weighted by atomic mass is 32.1. The summed E-state index contributed by atoms with van der Waals surface area (Å²) in [5, 5.41) is 18.0. The van der Waals surface area contributed by atoms with Crippen LogP contribution >= 0.6 is 11.3 Å². The number of furan rings is 1. The first kappa shape index (κ1) is 18.0. The lowest BCUT2D eigenvalue weighted by Crippen LogP contribution is -2.30. The van der Waals surface area contributed by atoms with Gasteiger partial charge >= 0.3 is 0 Å². The zero-order valence-electron chi connectivity index (χ0n) is 13.6. The molecular formula is C17H12N4O5S. The predicted octanol–water partition coefficient (Wildman–Crippen LogP) is 3.05. The Bertz CT molecular complexity index is 996.